The summed E-state index contributed by atoms with van der Waals surface area (Å²) in [5.74, 6) is -1.42. The molecule has 3 aromatic carbocycles. The van der Waals surface area contributed by atoms with E-state index in [0.717, 1.165) is 17.2 Å². The highest BCUT2D eigenvalue weighted by molar-refractivity contribution is 7.79. The van der Waals surface area contributed by atoms with Crippen molar-refractivity contribution in [2.75, 3.05) is 14.2 Å². The molecule has 4 heteroatoms. The molecule has 0 N–H and O–H groups in total. The summed E-state index contributed by atoms with van der Waals surface area (Å²) in [4.78, 5) is 11.9. The fraction of sp³-hybridized carbons (Fsp3) is 0.136. The molecule has 0 unspecified atom stereocenters. The lowest BCUT2D eigenvalue weighted by atomic mass is 10.1. The second-order valence-corrected chi connectivity index (χ2v) is 7.90. The van der Waals surface area contributed by atoms with Crippen molar-refractivity contribution >= 4 is 30.1 Å². The first-order valence-electron chi connectivity index (χ1n) is 8.32. The van der Waals surface area contributed by atoms with Gasteiger partial charge in [0.15, 0.2) is 6.29 Å². The molecular weight excluding hydrogens is 343 g/mol. The Morgan fingerprint density at radius 1 is 0.731 bits per heavy atom. The molecule has 3 nitrogen and oxygen atoms in total. The Morgan fingerprint density at radius 3 is 1.65 bits per heavy atom. The molecule has 0 aliphatic carbocycles. The number of rotatable bonds is 7. The molecule has 0 radical (unpaired) electrons. The standard InChI is InChI=1S/C22H21O3P/c1-24-22(17-23,25-2)20-15-9-10-16-21(20)26(18-11-5-3-6-12-18)19-13-7-4-8-14-19/h3-17H,1-2H3. The smallest absolute Gasteiger partial charge is 0.253 e. The minimum absolute atomic E-state index is 0.718. The molecule has 0 aromatic heterocycles. The summed E-state index contributed by atoms with van der Waals surface area (Å²) >= 11 is 0. The van der Waals surface area contributed by atoms with Gasteiger partial charge in [0.2, 0.25) is 0 Å². The molecular formula is C22H21O3P. The summed E-state index contributed by atoms with van der Waals surface area (Å²) in [7, 11) is 2.11. The van der Waals surface area contributed by atoms with Crippen LogP contribution in [0.4, 0.5) is 0 Å². The second kappa shape index (κ2) is 8.37. The summed E-state index contributed by atoms with van der Waals surface area (Å²) in [6.07, 6.45) is 0.718. The molecule has 0 spiro atoms. The maximum absolute atomic E-state index is 11.9. The highest BCUT2D eigenvalue weighted by Gasteiger charge is 2.36. The van der Waals surface area contributed by atoms with Gasteiger partial charge in [-0.2, -0.15) is 0 Å². The zero-order chi connectivity index (χ0) is 18.4. The number of hydrogen-bond donors (Lipinski definition) is 0. The van der Waals surface area contributed by atoms with E-state index in [9.17, 15) is 4.79 Å². The first-order chi connectivity index (χ1) is 12.8. The molecule has 3 aromatic rings. The van der Waals surface area contributed by atoms with Crippen molar-refractivity contribution in [3.63, 3.8) is 0 Å². The lowest BCUT2D eigenvalue weighted by Crippen LogP contribution is -2.38. The van der Waals surface area contributed by atoms with E-state index >= 15 is 0 Å². The van der Waals surface area contributed by atoms with E-state index in [1.54, 1.807) is 0 Å². The largest absolute Gasteiger partial charge is 0.344 e. The van der Waals surface area contributed by atoms with Gasteiger partial charge in [-0.3, -0.25) is 4.79 Å². The van der Waals surface area contributed by atoms with Crippen LogP contribution in [0.15, 0.2) is 84.9 Å². The molecule has 0 bridgehead atoms. The van der Waals surface area contributed by atoms with Crippen molar-refractivity contribution in [2.45, 2.75) is 5.79 Å². The Morgan fingerprint density at radius 2 is 1.19 bits per heavy atom. The van der Waals surface area contributed by atoms with Crippen LogP contribution in [0.3, 0.4) is 0 Å². The summed E-state index contributed by atoms with van der Waals surface area (Å²) in [5.41, 5.74) is 0.735. The zero-order valence-electron chi connectivity index (χ0n) is 14.8. The Balaban J connectivity index is 2.25. The van der Waals surface area contributed by atoms with E-state index in [1.807, 2.05) is 54.6 Å². The highest BCUT2D eigenvalue weighted by Crippen LogP contribution is 2.37. The van der Waals surface area contributed by atoms with Crippen LogP contribution >= 0.6 is 7.92 Å². The van der Waals surface area contributed by atoms with Crippen molar-refractivity contribution < 1.29 is 14.3 Å². The lowest BCUT2D eigenvalue weighted by molar-refractivity contribution is -0.201. The van der Waals surface area contributed by atoms with Crippen LogP contribution in [0.25, 0.3) is 0 Å². The molecule has 0 atom stereocenters. The SMILES string of the molecule is COC(C=O)(OC)c1ccccc1P(c1ccccc1)c1ccccc1. The molecule has 0 aliphatic rings. The third-order valence-electron chi connectivity index (χ3n) is 4.31. The normalized spacial score (nSPS) is 11.5. The first kappa shape index (κ1) is 18.5. The fourth-order valence-corrected chi connectivity index (χ4v) is 5.51. The van der Waals surface area contributed by atoms with Gasteiger partial charge in [-0.15, -0.1) is 0 Å². The maximum atomic E-state index is 11.9. The molecule has 0 aliphatic heterocycles. The quantitative estimate of drug-likeness (QED) is 0.367. The molecule has 0 saturated heterocycles. The van der Waals surface area contributed by atoms with Gasteiger partial charge in [-0.05, 0) is 23.8 Å². The van der Waals surface area contributed by atoms with E-state index in [2.05, 4.69) is 30.3 Å². The van der Waals surface area contributed by atoms with Gasteiger partial charge in [0.05, 0.1) is 0 Å². The molecule has 0 heterocycles. The summed E-state index contributed by atoms with van der Waals surface area (Å²) in [6, 6.07) is 28.5. The minimum atomic E-state index is -1.42. The number of methoxy groups -OCH3 is 2. The van der Waals surface area contributed by atoms with Crippen LogP contribution in [0.2, 0.25) is 0 Å². The van der Waals surface area contributed by atoms with Crippen molar-refractivity contribution in [1.82, 2.24) is 0 Å². The van der Waals surface area contributed by atoms with E-state index < -0.39 is 13.7 Å². The summed E-state index contributed by atoms with van der Waals surface area (Å²) < 4.78 is 11.0. The number of aldehydes is 1. The Labute approximate surface area is 155 Å². The van der Waals surface area contributed by atoms with E-state index in [-0.39, 0.29) is 0 Å². The van der Waals surface area contributed by atoms with Gasteiger partial charge in [0.25, 0.3) is 5.79 Å². The van der Waals surface area contributed by atoms with Gasteiger partial charge in [-0.1, -0.05) is 84.9 Å². The Bertz CT molecular complexity index is 806. The predicted molar refractivity (Wildman–Crippen MR) is 107 cm³/mol. The topological polar surface area (TPSA) is 35.5 Å². The third-order valence-corrected chi connectivity index (χ3v) is 6.81. The molecule has 132 valence electrons. The van der Waals surface area contributed by atoms with E-state index in [1.165, 1.54) is 24.8 Å². The average Bonchev–Trinajstić information content (AvgIpc) is 2.73. The summed E-state index contributed by atoms with van der Waals surface area (Å²) in [6.45, 7) is 0. The van der Waals surface area contributed by atoms with Gasteiger partial charge in [0.1, 0.15) is 0 Å². The zero-order valence-corrected chi connectivity index (χ0v) is 15.7. The minimum Gasteiger partial charge on any atom is -0.344 e. The van der Waals surface area contributed by atoms with Crippen molar-refractivity contribution in [1.29, 1.82) is 0 Å². The Hall–Kier alpha value is -2.32. The third kappa shape index (κ3) is 3.47. The van der Waals surface area contributed by atoms with Crippen molar-refractivity contribution in [3.05, 3.63) is 90.5 Å². The van der Waals surface area contributed by atoms with Crippen LogP contribution in [0, 0.1) is 0 Å². The first-order valence-corrected chi connectivity index (χ1v) is 9.66. The molecule has 26 heavy (non-hydrogen) atoms. The lowest BCUT2D eigenvalue weighted by Gasteiger charge is -2.30. The molecule has 0 saturated carbocycles. The van der Waals surface area contributed by atoms with Gasteiger partial charge in [0, 0.05) is 19.8 Å². The number of benzene rings is 3. The molecule has 0 fully saturated rings. The number of carbonyl (C=O) groups is 1. The monoisotopic (exact) mass is 364 g/mol. The van der Waals surface area contributed by atoms with Gasteiger partial charge < -0.3 is 9.47 Å². The van der Waals surface area contributed by atoms with Crippen LogP contribution < -0.4 is 15.9 Å². The number of carbonyl (C=O) groups excluding carboxylic acids is 1. The van der Waals surface area contributed by atoms with Crippen molar-refractivity contribution in [2.24, 2.45) is 0 Å². The van der Waals surface area contributed by atoms with Crippen LogP contribution in [-0.4, -0.2) is 20.5 Å². The van der Waals surface area contributed by atoms with E-state index in [4.69, 9.17) is 9.47 Å². The van der Waals surface area contributed by atoms with Gasteiger partial charge in [-0.25, -0.2) is 0 Å². The summed E-state index contributed by atoms with van der Waals surface area (Å²) in [5, 5.41) is 3.44. The number of ether oxygens (including phenoxy) is 2. The maximum Gasteiger partial charge on any atom is 0.253 e. The average molecular weight is 364 g/mol. The van der Waals surface area contributed by atoms with Crippen LogP contribution in [0.1, 0.15) is 5.56 Å². The highest BCUT2D eigenvalue weighted by atomic mass is 31.1. The second-order valence-electron chi connectivity index (χ2n) is 5.72. The van der Waals surface area contributed by atoms with Crippen molar-refractivity contribution in [3.8, 4) is 0 Å². The predicted octanol–water partition coefficient (Wildman–Crippen LogP) is 3.09. The van der Waals surface area contributed by atoms with E-state index in [0.29, 0.717) is 0 Å². The Kier molecular flexibility index (Phi) is 5.95. The molecule has 0 amide bonds. The number of hydrogen-bond acceptors (Lipinski definition) is 3. The van der Waals surface area contributed by atoms with Gasteiger partial charge >= 0.3 is 0 Å². The van der Waals surface area contributed by atoms with Crippen LogP contribution in [-0.2, 0) is 20.1 Å². The molecule has 3 rings (SSSR count). The van der Waals surface area contributed by atoms with Crippen LogP contribution in [0.5, 0.6) is 0 Å². The fourth-order valence-electron chi connectivity index (χ4n) is 3.01.